The summed E-state index contributed by atoms with van der Waals surface area (Å²) in [5.74, 6) is -1.24. The van der Waals surface area contributed by atoms with Crippen molar-refractivity contribution < 1.29 is 14.3 Å². The molecule has 0 aliphatic carbocycles. The van der Waals surface area contributed by atoms with Crippen LogP contribution in [0.2, 0.25) is 0 Å². The van der Waals surface area contributed by atoms with Crippen LogP contribution in [-0.2, 0) is 4.79 Å². The zero-order chi connectivity index (χ0) is 16.4. The largest absolute Gasteiger partial charge is 0.478 e. The van der Waals surface area contributed by atoms with Crippen LogP contribution >= 0.6 is 0 Å². The Bertz CT molecular complexity index is 932. The van der Waals surface area contributed by atoms with Gasteiger partial charge >= 0.3 is 5.97 Å². The number of hydrogen-bond acceptors (Lipinski definition) is 2. The molecule has 3 rings (SSSR count). The summed E-state index contributed by atoms with van der Waals surface area (Å²) in [4.78, 5) is 15.3. The minimum Gasteiger partial charge on any atom is -0.478 e. The van der Waals surface area contributed by atoms with E-state index in [1.807, 2.05) is 30.3 Å². The molecule has 0 unspecified atom stereocenters. The Morgan fingerprint density at radius 3 is 2.70 bits per heavy atom. The minimum absolute atomic E-state index is 0.263. The van der Waals surface area contributed by atoms with Gasteiger partial charge in [0.25, 0.3) is 0 Å². The quantitative estimate of drug-likeness (QED) is 0.723. The fraction of sp³-hybridized carbons (Fsp3) is 0.0526. The maximum absolute atomic E-state index is 13.4. The van der Waals surface area contributed by atoms with Crippen molar-refractivity contribution in [2.45, 2.75) is 6.92 Å². The van der Waals surface area contributed by atoms with Crippen molar-refractivity contribution in [2.24, 2.45) is 0 Å². The van der Waals surface area contributed by atoms with E-state index < -0.39 is 5.97 Å². The number of halogens is 1. The van der Waals surface area contributed by atoms with Gasteiger partial charge in [-0.15, -0.1) is 0 Å². The number of benzene rings is 2. The zero-order valence-electron chi connectivity index (χ0n) is 12.5. The van der Waals surface area contributed by atoms with Gasteiger partial charge < -0.3 is 5.11 Å². The molecule has 0 radical (unpaired) electrons. The van der Waals surface area contributed by atoms with Gasteiger partial charge in [0.15, 0.2) is 0 Å². The molecule has 4 heteroatoms. The molecular formula is C19H14FNO2. The number of hydrogen-bond donors (Lipinski definition) is 1. The van der Waals surface area contributed by atoms with Gasteiger partial charge in [-0.1, -0.05) is 18.2 Å². The van der Waals surface area contributed by atoms with Crippen LogP contribution < -0.4 is 0 Å². The Kier molecular flexibility index (Phi) is 3.89. The smallest absolute Gasteiger partial charge is 0.331 e. The predicted octanol–water partition coefficient (Wildman–Crippen LogP) is 4.53. The number of fused-ring (bicyclic) bond motifs is 1. The predicted molar refractivity (Wildman–Crippen MR) is 88.4 cm³/mol. The first-order valence-corrected chi connectivity index (χ1v) is 7.10. The van der Waals surface area contributed by atoms with Crippen LogP contribution in [0.5, 0.6) is 0 Å². The molecule has 0 aliphatic rings. The van der Waals surface area contributed by atoms with E-state index in [0.717, 1.165) is 27.6 Å². The van der Waals surface area contributed by atoms with Gasteiger partial charge in [-0.05, 0) is 54.5 Å². The number of rotatable bonds is 3. The highest BCUT2D eigenvalue weighted by Gasteiger charge is 2.04. The number of carbonyl (C=O) groups is 1. The summed E-state index contributed by atoms with van der Waals surface area (Å²) in [5, 5.41) is 9.83. The lowest BCUT2D eigenvalue weighted by Crippen LogP contribution is -1.95. The van der Waals surface area contributed by atoms with Crippen LogP contribution in [-0.4, -0.2) is 16.1 Å². The number of pyridine rings is 1. The second-order valence-electron chi connectivity index (χ2n) is 5.32. The molecule has 2 aromatic carbocycles. The van der Waals surface area contributed by atoms with Gasteiger partial charge in [0.2, 0.25) is 0 Å². The molecule has 3 nitrogen and oxygen atoms in total. The second kappa shape index (κ2) is 6.01. The lowest BCUT2D eigenvalue weighted by Gasteiger charge is -2.05. The van der Waals surface area contributed by atoms with Gasteiger partial charge in [-0.25, -0.2) is 9.18 Å². The van der Waals surface area contributed by atoms with E-state index in [9.17, 15) is 9.18 Å². The Morgan fingerprint density at radius 1 is 1.13 bits per heavy atom. The molecule has 0 saturated carbocycles. The van der Waals surface area contributed by atoms with Crippen molar-refractivity contribution >= 4 is 22.9 Å². The van der Waals surface area contributed by atoms with Crippen molar-refractivity contribution in [2.75, 3.05) is 0 Å². The van der Waals surface area contributed by atoms with Crippen LogP contribution in [0.3, 0.4) is 0 Å². The molecule has 0 fully saturated rings. The lowest BCUT2D eigenvalue weighted by atomic mass is 10.0. The van der Waals surface area contributed by atoms with Crippen LogP contribution in [0, 0.1) is 5.82 Å². The molecule has 1 heterocycles. The molecule has 0 amide bonds. The fourth-order valence-corrected chi connectivity index (χ4v) is 2.38. The summed E-state index contributed by atoms with van der Waals surface area (Å²) in [6.07, 6.45) is 3.31. The summed E-state index contributed by atoms with van der Waals surface area (Å²) in [6, 6.07) is 13.8. The number of nitrogens with zero attached hydrogens (tertiary/aromatic N) is 1. The van der Waals surface area contributed by atoms with Crippen molar-refractivity contribution in [3.63, 3.8) is 0 Å². The third kappa shape index (κ3) is 3.26. The molecule has 114 valence electrons. The summed E-state index contributed by atoms with van der Waals surface area (Å²) in [6.45, 7) is 1.55. The second-order valence-corrected chi connectivity index (χ2v) is 5.32. The monoisotopic (exact) mass is 307 g/mol. The summed E-state index contributed by atoms with van der Waals surface area (Å²) in [5.41, 5.74) is 3.42. The number of carboxylic acid groups (broad SMARTS) is 1. The number of carboxylic acids is 1. The van der Waals surface area contributed by atoms with Crippen molar-refractivity contribution in [3.05, 3.63) is 71.7 Å². The van der Waals surface area contributed by atoms with E-state index in [1.54, 1.807) is 25.3 Å². The Morgan fingerprint density at radius 2 is 1.96 bits per heavy atom. The summed E-state index contributed by atoms with van der Waals surface area (Å²) >= 11 is 0. The highest BCUT2D eigenvalue weighted by molar-refractivity contribution is 5.93. The van der Waals surface area contributed by atoms with E-state index in [1.165, 1.54) is 12.1 Å². The highest BCUT2D eigenvalue weighted by atomic mass is 19.1. The maximum Gasteiger partial charge on any atom is 0.331 e. The van der Waals surface area contributed by atoms with Gasteiger partial charge in [-0.2, -0.15) is 0 Å². The first-order valence-electron chi connectivity index (χ1n) is 7.10. The van der Waals surface area contributed by atoms with Crippen LogP contribution in [0.15, 0.2) is 60.3 Å². The normalized spacial score (nSPS) is 11.7. The standard InChI is InChI=1S/C19H14FNO2/c1-12(19(22)23)7-13-5-6-18-15(8-13)9-16(11-21-18)14-3-2-4-17(20)10-14/h2-11H,1H3,(H,22,23). The molecular weight excluding hydrogens is 293 g/mol. The minimum atomic E-state index is -0.947. The maximum atomic E-state index is 13.4. The lowest BCUT2D eigenvalue weighted by molar-refractivity contribution is -0.132. The zero-order valence-corrected chi connectivity index (χ0v) is 12.5. The van der Waals surface area contributed by atoms with Crippen LogP contribution in [0.25, 0.3) is 28.1 Å². The van der Waals surface area contributed by atoms with E-state index in [4.69, 9.17) is 5.11 Å². The Labute approximate surface area is 132 Å². The first-order chi connectivity index (χ1) is 11.0. The summed E-state index contributed by atoms with van der Waals surface area (Å²) < 4.78 is 13.4. The van der Waals surface area contributed by atoms with E-state index in [0.29, 0.717) is 0 Å². The molecule has 23 heavy (non-hydrogen) atoms. The topological polar surface area (TPSA) is 50.2 Å². The van der Waals surface area contributed by atoms with E-state index >= 15 is 0 Å². The molecule has 0 saturated heterocycles. The first kappa shape index (κ1) is 14.9. The van der Waals surface area contributed by atoms with E-state index in [2.05, 4.69) is 4.98 Å². The third-order valence-electron chi connectivity index (χ3n) is 3.58. The molecule has 0 spiro atoms. The summed E-state index contributed by atoms with van der Waals surface area (Å²) in [7, 11) is 0. The third-order valence-corrected chi connectivity index (χ3v) is 3.58. The average Bonchev–Trinajstić information content (AvgIpc) is 2.54. The van der Waals surface area contributed by atoms with E-state index in [-0.39, 0.29) is 11.4 Å². The highest BCUT2D eigenvalue weighted by Crippen LogP contribution is 2.24. The van der Waals surface area contributed by atoms with Crippen LogP contribution in [0.1, 0.15) is 12.5 Å². The Hall–Kier alpha value is -3.01. The molecule has 3 aromatic rings. The number of aliphatic carboxylic acids is 1. The van der Waals surface area contributed by atoms with Gasteiger partial charge in [0, 0.05) is 22.7 Å². The van der Waals surface area contributed by atoms with Gasteiger partial charge in [0.05, 0.1) is 5.52 Å². The molecule has 0 aliphatic heterocycles. The molecule has 0 bridgehead atoms. The van der Waals surface area contributed by atoms with Crippen molar-refractivity contribution in [1.82, 2.24) is 4.98 Å². The SMILES string of the molecule is CC(=Cc1ccc2ncc(-c3cccc(F)c3)cc2c1)C(=O)O. The molecule has 1 N–H and O–H groups in total. The number of aromatic nitrogens is 1. The Balaban J connectivity index is 2.08. The van der Waals surface area contributed by atoms with Gasteiger partial charge in [0.1, 0.15) is 5.82 Å². The average molecular weight is 307 g/mol. The fourth-order valence-electron chi connectivity index (χ4n) is 2.38. The molecule has 0 atom stereocenters. The van der Waals surface area contributed by atoms with Gasteiger partial charge in [-0.3, -0.25) is 4.98 Å². The molecule has 1 aromatic heterocycles. The van der Waals surface area contributed by atoms with Crippen LogP contribution in [0.4, 0.5) is 4.39 Å². The van der Waals surface area contributed by atoms with Crippen molar-refractivity contribution in [1.29, 1.82) is 0 Å². The van der Waals surface area contributed by atoms with Crippen molar-refractivity contribution in [3.8, 4) is 11.1 Å².